The molecule has 2 N–H and O–H groups in total. The van der Waals surface area contributed by atoms with Gasteiger partial charge in [0.15, 0.2) is 17.4 Å². The Morgan fingerprint density at radius 1 is 1.53 bits per heavy atom. The minimum atomic E-state index is -0.978. The molecule has 1 saturated heterocycles. The highest BCUT2D eigenvalue weighted by Crippen LogP contribution is 2.23. The van der Waals surface area contributed by atoms with Crippen molar-refractivity contribution in [2.45, 2.75) is 0 Å². The van der Waals surface area contributed by atoms with Crippen molar-refractivity contribution in [3.63, 3.8) is 0 Å². The molecule has 17 heavy (non-hydrogen) atoms. The van der Waals surface area contributed by atoms with Crippen LogP contribution < -0.4 is 15.4 Å². The van der Waals surface area contributed by atoms with Crippen molar-refractivity contribution >= 4 is 23.7 Å². The summed E-state index contributed by atoms with van der Waals surface area (Å²) in [6.45, 7) is 1.54. The Hall–Kier alpha value is -1.50. The summed E-state index contributed by atoms with van der Waals surface area (Å²) in [5.74, 6) is 1.73. The summed E-state index contributed by atoms with van der Waals surface area (Å²) in [6.07, 6.45) is 0.318. The third kappa shape index (κ3) is 3.00. The molecule has 0 aliphatic carbocycles. The Morgan fingerprint density at radius 2 is 2.24 bits per heavy atom. The topological polar surface area (TPSA) is 68.5 Å². The fourth-order valence-corrected chi connectivity index (χ4v) is 2.50. The van der Waals surface area contributed by atoms with Gasteiger partial charge in [-0.3, -0.25) is 0 Å². The SMILES string of the molecule is NC(=O)Oc1cnc(N2CCSCC2)c(F)c1. The molecule has 0 bridgehead atoms. The number of nitrogens with zero attached hydrogens (tertiary/aromatic N) is 2. The van der Waals surface area contributed by atoms with Gasteiger partial charge in [0.2, 0.25) is 0 Å². The van der Waals surface area contributed by atoms with Gasteiger partial charge in [0.25, 0.3) is 0 Å². The number of carbonyl (C=O) groups is 1. The largest absolute Gasteiger partial charge is 0.410 e. The number of amides is 1. The number of halogens is 1. The summed E-state index contributed by atoms with van der Waals surface area (Å²) in [4.78, 5) is 16.3. The van der Waals surface area contributed by atoms with E-state index in [9.17, 15) is 9.18 Å². The fourth-order valence-electron chi connectivity index (χ4n) is 1.59. The quantitative estimate of drug-likeness (QED) is 0.863. The molecule has 1 fully saturated rings. The molecule has 7 heteroatoms. The van der Waals surface area contributed by atoms with Crippen LogP contribution >= 0.6 is 11.8 Å². The highest BCUT2D eigenvalue weighted by molar-refractivity contribution is 7.99. The third-order valence-corrected chi connectivity index (χ3v) is 3.27. The fraction of sp³-hybridized carbons (Fsp3) is 0.400. The minimum Gasteiger partial charge on any atom is -0.409 e. The van der Waals surface area contributed by atoms with E-state index in [2.05, 4.69) is 9.72 Å². The van der Waals surface area contributed by atoms with Crippen LogP contribution in [0, 0.1) is 5.82 Å². The molecule has 0 atom stereocenters. The number of hydrogen-bond acceptors (Lipinski definition) is 5. The lowest BCUT2D eigenvalue weighted by Gasteiger charge is -2.27. The van der Waals surface area contributed by atoms with Crippen LogP contribution in [0.1, 0.15) is 0 Å². The molecule has 1 aromatic heterocycles. The van der Waals surface area contributed by atoms with Crippen LogP contribution in [0.4, 0.5) is 15.0 Å². The number of aromatic nitrogens is 1. The van der Waals surface area contributed by atoms with Crippen molar-refractivity contribution in [3.8, 4) is 5.75 Å². The van der Waals surface area contributed by atoms with Gasteiger partial charge >= 0.3 is 6.09 Å². The van der Waals surface area contributed by atoms with E-state index in [1.54, 1.807) is 0 Å². The molecule has 92 valence electrons. The van der Waals surface area contributed by atoms with Crippen LogP contribution in [0.5, 0.6) is 5.75 Å². The number of thioether (sulfide) groups is 1. The van der Waals surface area contributed by atoms with Crippen molar-refractivity contribution < 1.29 is 13.9 Å². The molecule has 0 saturated carbocycles. The van der Waals surface area contributed by atoms with Gasteiger partial charge in [0.05, 0.1) is 6.20 Å². The molecule has 2 rings (SSSR count). The number of ether oxygens (including phenoxy) is 1. The first kappa shape index (κ1) is 12.0. The molecule has 0 aromatic carbocycles. The van der Waals surface area contributed by atoms with E-state index in [0.29, 0.717) is 5.82 Å². The van der Waals surface area contributed by atoms with Gasteiger partial charge in [-0.15, -0.1) is 0 Å². The van der Waals surface area contributed by atoms with Gasteiger partial charge in [-0.25, -0.2) is 14.2 Å². The summed E-state index contributed by atoms with van der Waals surface area (Å²) >= 11 is 1.83. The third-order valence-electron chi connectivity index (χ3n) is 2.33. The molecule has 1 aliphatic heterocycles. The molecule has 1 aromatic rings. The number of anilines is 1. The van der Waals surface area contributed by atoms with Crippen LogP contribution in [-0.2, 0) is 0 Å². The van der Waals surface area contributed by atoms with E-state index >= 15 is 0 Å². The first-order valence-corrected chi connectivity index (χ1v) is 6.28. The average Bonchev–Trinajstić information content (AvgIpc) is 2.29. The van der Waals surface area contributed by atoms with Gasteiger partial charge < -0.3 is 15.4 Å². The second-order valence-electron chi connectivity index (χ2n) is 3.50. The molecular formula is C10H12FN3O2S. The lowest BCUT2D eigenvalue weighted by molar-refractivity contribution is 0.210. The number of carbonyl (C=O) groups excluding carboxylic acids is 1. The van der Waals surface area contributed by atoms with Crippen molar-refractivity contribution in [1.82, 2.24) is 4.98 Å². The Morgan fingerprint density at radius 3 is 2.82 bits per heavy atom. The Balaban J connectivity index is 2.15. The summed E-state index contributed by atoms with van der Waals surface area (Å²) in [6, 6.07) is 1.12. The average molecular weight is 257 g/mol. The van der Waals surface area contributed by atoms with Crippen molar-refractivity contribution in [3.05, 3.63) is 18.1 Å². The number of primary amides is 1. The summed E-state index contributed by atoms with van der Waals surface area (Å²) < 4.78 is 18.3. The van der Waals surface area contributed by atoms with Crippen LogP contribution in [0.3, 0.4) is 0 Å². The van der Waals surface area contributed by atoms with Gasteiger partial charge in [-0.2, -0.15) is 11.8 Å². The van der Waals surface area contributed by atoms with Crippen LogP contribution in [0.25, 0.3) is 0 Å². The van der Waals surface area contributed by atoms with Gasteiger partial charge in [-0.1, -0.05) is 0 Å². The van der Waals surface area contributed by atoms with Crippen molar-refractivity contribution in [2.24, 2.45) is 5.73 Å². The van der Waals surface area contributed by atoms with Crippen molar-refractivity contribution in [1.29, 1.82) is 0 Å². The Labute approximate surface area is 102 Å². The molecule has 5 nitrogen and oxygen atoms in total. The maximum atomic E-state index is 13.7. The smallest absolute Gasteiger partial charge is 0.409 e. The number of nitrogens with two attached hydrogens (primary N) is 1. The van der Waals surface area contributed by atoms with Crippen LogP contribution in [0.15, 0.2) is 12.3 Å². The van der Waals surface area contributed by atoms with Gasteiger partial charge in [-0.05, 0) is 0 Å². The predicted molar refractivity (Wildman–Crippen MR) is 63.9 cm³/mol. The monoisotopic (exact) mass is 257 g/mol. The first-order valence-electron chi connectivity index (χ1n) is 5.12. The zero-order chi connectivity index (χ0) is 12.3. The zero-order valence-electron chi connectivity index (χ0n) is 9.06. The normalized spacial score (nSPS) is 15.7. The number of hydrogen-bond donors (Lipinski definition) is 1. The standard InChI is InChI=1S/C10H12FN3O2S/c11-8-5-7(16-10(12)15)6-13-9(8)14-1-3-17-4-2-14/h5-6H,1-4H2,(H2,12,15). The van der Waals surface area contributed by atoms with E-state index in [4.69, 9.17) is 5.73 Å². The van der Waals surface area contributed by atoms with Crippen molar-refractivity contribution in [2.75, 3.05) is 29.5 Å². The van der Waals surface area contributed by atoms with Gasteiger partial charge in [0, 0.05) is 30.7 Å². The molecular weight excluding hydrogens is 245 g/mol. The Bertz CT molecular complexity index is 424. The second kappa shape index (κ2) is 5.22. The van der Waals surface area contributed by atoms with Crippen LogP contribution in [0.2, 0.25) is 0 Å². The van der Waals surface area contributed by atoms with Gasteiger partial charge in [0.1, 0.15) is 0 Å². The lowest BCUT2D eigenvalue weighted by atomic mass is 10.3. The predicted octanol–water partition coefficient (Wildman–Crippen LogP) is 1.23. The zero-order valence-corrected chi connectivity index (χ0v) is 9.87. The summed E-state index contributed by atoms with van der Waals surface area (Å²) in [5.41, 5.74) is 4.83. The van der Waals surface area contributed by atoms with E-state index in [-0.39, 0.29) is 5.75 Å². The Kier molecular flexibility index (Phi) is 3.68. The second-order valence-corrected chi connectivity index (χ2v) is 4.72. The molecule has 1 amide bonds. The molecule has 0 unspecified atom stereocenters. The van der Waals surface area contributed by atoms with E-state index < -0.39 is 11.9 Å². The summed E-state index contributed by atoms with van der Waals surface area (Å²) in [5, 5.41) is 0. The van der Waals surface area contributed by atoms with E-state index in [1.165, 1.54) is 6.20 Å². The maximum Gasteiger partial charge on any atom is 0.410 e. The minimum absolute atomic E-state index is 0.0186. The number of rotatable bonds is 2. The lowest BCUT2D eigenvalue weighted by Crippen LogP contribution is -2.33. The molecule has 0 radical (unpaired) electrons. The molecule has 1 aliphatic rings. The van der Waals surface area contributed by atoms with E-state index in [0.717, 1.165) is 30.7 Å². The number of pyridine rings is 1. The maximum absolute atomic E-state index is 13.7. The first-order chi connectivity index (χ1) is 8.16. The van der Waals surface area contributed by atoms with Crippen LogP contribution in [-0.4, -0.2) is 35.7 Å². The molecule has 2 heterocycles. The van der Waals surface area contributed by atoms with E-state index in [1.807, 2.05) is 16.7 Å². The highest BCUT2D eigenvalue weighted by Gasteiger charge is 2.17. The highest BCUT2D eigenvalue weighted by atomic mass is 32.2. The molecule has 0 spiro atoms. The summed E-state index contributed by atoms with van der Waals surface area (Å²) in [7, 11) is 0.